The van der Waals surface area contributed by atoms with Crippen molar-refractivity contribution in [3.63, 3.8) is 0 Å². The van der Waals surface area contributed by atoms with E-state index in [9.17, 15) is 4.79 Å². The molecule has 0 bridgehead atoms. The van der Waals surface area contributed by atoms with Gasteiger partial charge in [-0.1, -0.05) is 0 Å². The van der Waals surface area contributed by atoms with Crippen LogP contribution in [0.1, 0.15) is 11.1 Å². The van der Waals surface area contributed by atoms with Crippen LogP contribution < -0.4 is 9.80 Å². The Kier molecular flexibility index (Phi) is 5.84. The Bertz CT molecular complexity index is 1080. The van der Waals surface area contributed by atoms with Crippen LogP contribution in [-0.2, 0) is 11.3 Å². The summed E-state index contributed by atoms with van der Waals surface area (Å²) in [6.07, 6.45) is 1.96. The Morgan fingerprint density at radius 2 is 1.47 bits per heavy atom. The van der Waals surface area contributed by atoms with Crippen LogP contribution >= 0.6 is 0 Å². The van der Waals surface area contributed by atoms with Gasteiger partial charge in [-0.05, 0) is 0 Å². The van der Waals surface area contributed by atoms with Crippen molar-refractivity contribution in [3.05, 3.63) is 102 Å². The van der Waals surface area contributed by atoms with Gasteiger partial charge in [-0.25, -0.2) is 0 Å². The molecule has 1 amide bonds. The third-order valence-corrected chi connectivity index (χ3v) is 5.89. The molecule has 0 radical (unpaired) electrons. The molecule has 5 heteroatoms. The van der Waals surface area contributed by atoms with E-state index in [1.807, 2.05) is 85.7 Å². The van der Waals surface area contributed by atoms with Gasteiger partial charge in [0.05, 0.1) is 0 Å². The van der Waals surface area contributed by atoms with Gasteiger partial charge in [0.1, 0.15) is 0 Å². The van der Waals surface area contributed by atoms with E-state index >= 15 is 0 Å². The summed E-state index contributed by atoms with van der Waals surface area (Å²) in [4.78, 5) is 19.3. The topological polar surface area (TPSA) is 26.8 Å². The van der Waals surface area contributed by atoms with Gasteiger partial charge in [0, 0.05) is 0 Å². The SMILES string of the molecule is CN(C)c1ccc(/C=C2\C(=O)N(c3ccccc3)C(=[Se])N2Cc2ccccc2)cc1. The molecular formula is C25H23N3OSe. The number of para-hydroxylation sites is 1. The zero-order chi connectivity index (χ0) is 21.1. The summed E-state index contributed by atoms with van der Waals surface area (Å²) in [7, 11) is 4.03. The van der Waals surface area contributed by atoms with Crippen LogP contribution in [0.3, 0.4) is 0 Å². The van der Waals surface area contributed by atoms with Crippen molar-refractivity contribution in [3.8, 4) is 0 Å². The second kappa shape index (κ2) is 8.70. The van der Waals surface area contributed by atoms with Crippen molar-refractivity contribution < 1.29 is 4.79 Å². The van der Waals surface area contributed by atoms with Crippen LogP contribution in [0.25, 0.3) is 6.08 Å². The summed E-state index contributed by atoms with van der Waals surface area (Å²) in [5.74, 6) is -0.0393. The number of anilines is 2. The van der Waals surface area contributed by atoms with E-state index in [1.165, 1.54) is 0 Å². The second-order valence-corrected chi connectivity index (χ2v) is 8.11. The molecule has 4 nitrogen and oxygen atoms in total. The molecule has 30 heavy (non-hydrogen) atoms. The fourth-order valence-corrected chi connectivity index (χ4v) is 4.17. The number of rotatable bonds is 5. The molecule has 1 aliphatic heterocycles. The molecule has 150 valence electrons. The molecule has 0 spiro atoms. The number of carbonyl (C=O) groups is 1. The summed E-state index contributed by atoms with van der Waals surface area (Å²) >= 11 is 3.13. The molecular weight excluding hydrogens is 437 g/mol. The third-order valence-electron chi connectivity index (χ3n) is 5.05. The van der Waals surface area contributed by atoms with Crippen molar-refractivity contribution in [2.75, 3.05) is 23.9 Å². The minimum absolute atomic E-state index is 0.0393. The molecule has 0 aliphatic carbocycles. The summed E-state index contributed by atoms with van der Waals surface area (Å²) < 4.78 is 0.784. The van der Waals surface area contributed by atoms with Gasteiger partial charge in [0.15, 0.2) is 0 Å². The van der Waals surface area contributed by atoms with E-state index in [1.54, 1.807) is 4.90 Å². The van der Waals surface area contributed by atoms with Gasteiger partial charge in [-0.3, -0.25) is 0 Å². The molecule has 1 aliphatic rings. The Morgan fingerprint density at radius 3 is 2.07 bits per heavy atom. The maximum absolute atomic E-state index is 13.5. The van der Waals surface area contributed by atoms with E-state index in [0.717, 1.165) is 27.2 Å². The van der Waals surface area contributed by atoms with Crippen molar-refractivity contribution in [2.24, 2.45) is 0 Å². The van der Waals surface area contributed by atoms with Crippen LogP contribution in [0.15, 0.2) is 90.6 Å². The molecule has 1 fully saturated rings. The fraction of sp³-hybridized carbons (Fsp3) is 0.120. The molecule has 3 aromatic carbocycles. The van der Waals surface area contributed by atoms with Gasteiger partial charge in [-0.15, -0.1) is 0 Å². The minimum atomic E-state index is -0.0393. The van der Waals surface area contributed by atoms with E-state index in [0.29, 0.717) is 12.2 Å². The standard InChI is InChI=1S/C25H23N3OSe/c1-26(2)21-15-13-19(14-16-21)17-23-24(29)28(22-11-7-4-8-12-22)25(30)27(23)18-20-9-5-3-6-10-20/h3-17H,18H2,1-2H3/b23-17+. The zero-order valence-electron chi connectivity index (χ0n) is 17.0. The van der Waals surface area contributed by atoms with Gasteiger partial charge in [0.25, 0.3) is 0 Å². The number of hydrogen-bond donors (Lipinski definition) is 0. The van der Waals surface area contributed by atoms with Crippen LogP contribution in [-0.4, -0.2) is 45.1 Å². The van der Waals surface area contributed by atoms with Gasteiger partial charge < -0.3 is 0 Å². The third kappa shape index (κ3) is 4.08. The molecule has 4 rings (SSSR count). The maximum atomic E-state index is 13.5. The molecule has 3 aromatic rings. The Balaban J connectivity index is 1.74. The zero-order valence-corrected chi connectivity index (χ0v) is 18.7. The average molecular weight is 460 g/mol. The van der Waals surface area contributed by atoms with Crippen molar-refractivity contribution in [1.82, 2.24) is 4.90 Å². The first kappa shape index (κ1) is 20.1. The van der Waals surface area contributed by atoms with Crippen LogP contribution in [0.4, 0.5) is 11.4 Å². The summed E-state index contributed by atoms with van der Waals surface area (Å²) in [6.45, 7) is 0.611. The molecule has 1 saturated heterocycles. The molecule has 0 saturated carbocycles. The van der Waals surface area contributed by atoms with Crippen LogP contribution in [0.5, 0.6) is 0 Å². The van der Waals surface area contributed by atoms with Crippen molar-refractivity contribution in [1.29, 1.82) is 0 Å². The Morgan fingerprint density at radius 1 is 0.867 bits per heavy atom. The van der Waals surface area contributed by atoms with Crippen molar-refractivity contribution in [2.45, 2.75) is 6.54 Å². The summed E-state index contributed by atoms with van der Waals surface area (Å²) in [5, 5.41) is 0. The predicted molar refractivity (Wildman–Crippen MR) is 125 cm³/mol. The van der Waals surface area contributed by atoms with Crippen LogP contribution in [0, 0.1) is 0 Å². The number of amides is 1. The fourth-order valence-electron chi connectivity index (χ4n) is 3.43. The Labute approximate surface area is 185 Å². The van der Waals surface area contributed by atoms with E-state index in [4.69, 9.17) is 0 Å². The first-order valence-electron chi connectivity index (χ1n) is 9.78. The quantitative estimate of drug-likeness (QED) is 0.427. The van der Waals surface area contributed by atoms with Crippen molar-refractivity contribution >= 4 is 43.6 Å². The number of benzene rings is 3. The number of hydrogen-bond acceptors (Lipinski definition) is 3. The molecule has 0 N–H and O–H groups in total. The van der Waals surface area contributed by atoms with Crippen LogP contribution in [0.2, 0.25) is 0 Å². The van der Waals surface area contributed by atoms with Gasteiger partial charge >= 0.3 is 185 Å². The van der Waals surface area contributed by atoms with Gasteiger partial charge in [-0.2, -0.15) is 0 Å². The average Bonchev–Trinajstić information content (AvgIpc) is 2.99. The van der Waals surface area contributed by atoms with E-state index < -0.39 is 0 Å². The first-order chi connectivity index (χ1) is 14.5. The summed E-state index contributed by atoms with van der Waals surface area (Å²) in [5.41, 5.74) is 4.75. The van der Waals surface area contributed by atoms with E-state index in [2.05, 4.69) is 44.7 Å². The summed E-state index contributed by atoms with van der Waals surface area (Å²) in [6, 6.07) is 28.1. The second-order valence-electron chi connectivity index (χ2n) is 7.35. The molecule has 0 aromatic heterocycles. The molecule has 1 heterocycles. The monoisotopic (exact) mass is 461 g/mol. The molecule has 0 unspecified atom stereocenters. The molecule has 0 atom stereocenters. The number of nitrogens with zero attached hydrogens (tertiary/aromatic N) is 3. The van der Waals surface area contributed by atoms with E-state index in [-0.39, 0.29) is 5.91 Å². The Hall–Kier alpha value is -3.14. The number of carbonyl (C=O) groups excluding carboxylic acids is 1. The first-order valence-corrected chi connectivity index (χ1v) is 10.6. The van der Waals surface area contributed by atoms with Gasteiger partial charge in [0.2, 0.25) is 0 Å². The normalized spacial score (nSPS) is 15.2. The predicted octanol–water partition coefficient (Wildman–Crippen LogP) is 3.90.